The van der Waals surface area contributed by atoms with Crippen LogP contribution in [0.3, 0.4) is 0 Å². The highest BCUT2D eigenvalue weighted by atomic mass is 16.7. The number of hydrogen-bond acceptors (Lipinski definition) is 7. The van der Waals surface area contributed by atoms with Crippen LogP contribution in [0.5, 0.6) is 28.7 Å². The van der Waals surface area contributed by atoms with Gasteiger partial charge in [0.1, 0.15) is 0 Å². The van der Waals surface area contributed by atoms with Gasteiger partial charge in [-0.05, 0) is 54.2 Å². The second kappa shape index (κ2) is 7.07. The summed E-state index contributed by atoms with van der Waals surface area (Å²) < 4.78 is 32.8. The number of rotatable bonds is 5. The summed E-state index contributed by atoms with van der Waals surface area (Å²) >= 11 is 0. The van der Waals surface area contributed by atoms with Crippen molar-refractivity contribution in [3.8, 4) is 28.7 Å². The number of hydrogen-bond donors (Lipinski definition) is 1. The quantitative estimate of drug-likeness (QED) is 0.846. The molecule has 7 heteroatoms. The monoisotopic (exact) mass is 386 g/mol. The fourth-order valence-electron chi connectivity index (χ4n) is 4.12. The van der Waals surface area contributed by atoms with Crippen molar-refractivity contribution in [1.29, 1.82) is 0 Å². The second-order valence-electron chi connectivity index (χ2n) is 7.28. The summed E-state index contributed by atoms with van der Waals surface area (Å²) in [5.41, 5.74) is 2.16. The van der Waals surface area contributed by atoms with Gasteiger partial charge >= 0.3 is 0 Å². The summed E-state index contributed by atoms with van der Waals surface area (Å²) in [6.07, 6.45) is 0.652. The van der Waals surface area contributed by atoms with Crippen LogP contribution in [0, 0.1) is 11.8 Å². The third kappa shape index (κ3) is 3.10. The molecule has 2 aromatic rings. The molecular formula is C21H22O7. The van der Waals surface area contributed by atoms with Gasteiger partial charge in [0.15, 0.2) is 29.3 Å². The molecule has 3 aliphatic heterocycles. The van der Waals surface area contributed by atoms with E-state index in [0.717, 1.165) is 29.0 Å². The lowest BCUT2D eigenvalue weighted by Crippen LogP contribution is -2.24. The minimum atomic E-state index is -0.796. The first-order valence-electron chi connectivity index (χ1n) is 9.36. The number of benzene rings is 2. The van der Waals surface area contributed by atoms with Crippen LogP contribution in [0.15, 0.2) is 30.3 Å². The van der Waals surface area contributed by atoms with Gasteiger partial charge in [0.25, 0.3) is 0 Å². The summed E-state index contributed by atoms with van der Waals surface area (Å²) in [4.78, 5) is 0. The second-order valence-corrected chi connectivity index (χ2v) is 7.28. The lowest BCUT2D eigenvalue weighted by Gasteiger charge is -2.21. The first-order valence-corrected chi connectivity index (χ1v) is 9.36. The Balaban J connectivity index is 1.35. The molecule has 2 aromatic carbocycles. The lowest BCUT2D eigenvalue weighted by atomic mass is 9.84. The van der Waals surface area contributed by atoms with Gasteiger partial charge in [-0.2, -0.15) is 0 Å². The van der Waals surface area contributed by atoms with Crippen molar-refractivity contribution in [2.75, 3.05) is 27.3 Å². The average molecular weight is 386 g/mol. The highest BCUT2D eigenvalue weighted by Crippen LogP contribution is 2.43. The van der Waals surface area contributed by atoms with Crippen LogP contribution in [-0.4, -0.2) is 38.7 Å². The molecule has 0 aromatic heterocycles. The van der Waals surface area contributed by atoms with E-state index in [-0.39, 0.29) is 25.4 Å². The van der Waals surface area contributed by atoms with E-state index >= 15 is 0 Å². The van der Waals surface area contributed by atoms with Gasteiger partial charge in [-0.1, -0.05) is 6.07 Å². The van der Waals surface area contributed by atoms with Crippen molar-refractivity contribution in [3.63, 3.8) is 0 Å². The van der Waals surface area contributed by atoms with Crippen LogP contribution >= 0.6 is 0 Å². The molecule has 3 aliphatic rings. The zero-order valence-corrected chi connectivity index (χ0v) is 15.6. The average Bonchev–Trinajstić information content (AvgIpc) is 3.43. The van der Waals surface area contributed by atoms with E-state index < -0.39 is 6.29 Å². The molecule has 0 amide bonds. The third-order valence-electron chi connectivity index (χ3n) is 5.58. The maximum absolute atomic E-state index is 10.4. The van der Waals surface area contributed by atoms with Gasteiger partial charge in [-0.15, -0.1) is 0 Å². The molecule has 0 aliphatic carbocycles. The summed E-state index contributed by atoms with van der Waals surface area (Å²) in [5.74, 6) is 3.65. The van der Waals surface area contributed by atoms with Gasteiger partial charge in [0.2, 0.25) is 19.3 Å². The number of aliphatic hydroxyl groups excluding tert-OH is 1. The van der Waals surface area contributed by atoms with Crippen molar-refractivity contribution < 1.29 is 33.5 Å². The van der Waals surface area contributed by atoms with E-state index in [1.807, 2.05) is 30.3 Å². The SMILES string of the molecule is COc1cc(CC2C(Cc3ccc4c(c3)OCO4)COC2O)cc2c1OCO2. The number of ether oxygens (including phenoxy) is 6. The molecule has 3 atom stereocenters. The Hall–Kier alpha value is -2.64. The van der Waals surface area contributed by atoms with E-state index in [4.69, 9.17) is 28.4 Å². The largest absolute Gasteiger partial charge is 0.493 e. The Labute approximate surface area is 162 Å². The zero-order valence-electron chi connectivity index (χ0n) is 15.6. The summed E-state index contributed by atoms with van der Waals surface area (Å²) in [5, 5.41) is 10.4. The van der Waals surface area contributed by atoms with Crippen molar-refractivity contribution in [2.45, 2.75) is 19.1 Å². The highest BCUT2D eigenvalue weighted by molar-refractivity contribution is 5.55. The number of aliphatic hydroxyl groups is 1. The molecule has 1 fully saturated rings. The van der Waals surface area contributed by atoms with E-state index in [9.17, 15) is 5.11 Å². The Morgan fingerprint density at radius 3 is 2.61 bits per heavy atom. The number of fused-ring (bicyclic) bond motifs is 2. The molecule has 7 nitrogen and oxygen atoms in total. The molecule has 0 spiro atoms. The fraction of sp³-hybridized carbons (Fsp3) is 0.429. The van der Waals surface area contributed by atoms with E-state index in [2.05, 4.69) is 0 Å². The minimum Gasteiger partial charge on any atom is -0.493 e. The predicted octanol–water partition coefficient (Wildman–Crippen LogP) is 2.52. The topological polar surface area (TPSA) is 75.6 Å². The van der Waals surface area contributed by atoms with Crippen LogP contribution in [-0.2, 0) is 17.6 Å². The Morgan fingerprint density at radius 1 is 0.929 bits per heavy atom. The molecule has 0 saturated carbocycles. The van der Waals surface area contributed by atoms with Gasteiger partial charge < -0.3 is 33.5 Å². The molecule has 0 bridgehead atoms. The van der Waals surface area contributed by atoms with Crippen LogP contribution < -0.4 is 23.7 Å². The maximum atomic E-state index is 10.4. The van der Waals surface area contributed by atoms with Crippen LogP contribution in [0.1, 0.15) is 11.1 Å². The van der Waals surface area contributed by atoms with E-state index in [1.165, 1.54) is 0 Å². The van der Waals surface area contributed by atoms with E-state index in [0.29, 0.717) is 30.3 Å². The van der Waals surface area contributed by atoms with Crippen LogP contribution in [0.25, 0.3) is 0 Å². The molecule has 28 heavy (non-hydrogen) atoms. The van der Waals surface area contributed by atoms with Gasteiger partial charge in [-0.3, -0.25) is 0 Å². The van der Waals surface area contributed by atoms with Crippen molar-refractivity contribution in [3.05, 3.63) is 41.5 Å². The Morgan fingerprint density at radius 2 is 1.71 bits per heavy atom. The number of methoxy groups -OCH3 is 1. The molecule has 3 unspecified atom stereocenters. The molecule has 0 radical (unpaired) electrons. The standard InChI is InChI=1S/C21H22O7/c1-23-18-7-13(8-19-20(18)28-11-27-19)5-15-14(9-24-21(15)22)4-12-2-3-16-17(6-12)26-10-25-16/h2-3,6-8,14-15,21-22H,4-5,9-11H2,1H3. The van der Waals surface area contributed by atoms with Gasteiger partial charge in [0.05, 0.1) is 13.7 Å². The van der Waals surface area contributed by atoms with Crippen LogP contribution in [0.4, 0.5) is 0 Å². The predicted molar refractivity (Wildman–Crippen MR) is 98.0 cm³/mol. The third-order valence-corrected chi connectivity index (χ3v) is 5.58. The molecular weight excluding hydrogens is 364 g/mol. The highest BCUT2D eigenvalue weighted by Gasteiger charge is 2.37. The summed E-state index contributed by atoms with van der Waals surface area (Å²) in [7, 11) is 1.61. The lowest BCUT2D eigenvalue weighted by molar-refractivity contribution is -0.0820. The zero-order chi connectivity index (χ0) is 19.1. The molecule has 1 saturated heterocycles. The molecule has 1 N–H and O–H groups in total. The normalized spacial score (nSPS) is 24.6. The Bertz CT molecular complexity index is 881. The van der Waals surface area contributed by atoms with Crippen LogP contribution in [0.2, 0.25) is 0 Å². The summed E-state index contributed by atoms with van der Waals surface area (Å²) in [6.45, 7) is 0.970. The maximum Gasteiger partial charge on any atom is 0.231 e. The van der Waals surface area contributed by atoms with Crippen molar-refractivity contribution in [1.82, 2.24) is 0 Å². The van der Waals surface area contributed by atoms with Gasteiger partial charge in [-0.25, -0.2) is 0 Å². The van der Waals surface area contributed by atoms with Crippen molar-refractivity contribution >= 4 is 0 Å². The van der Waals surface area contributed by atoms with Crippen molar-refractivity contribution in [2.24, 2.45) is 11.8 Å². The Kier molecular flexibility index (Phi) is 4.41. The summed E-state index contributed by atoms with van der Waals surface area (Å²) in [6, 6.07) is 9.87. The molecule has 5 rings (SSSR count). The molecule has 3 heterocycles. The van der Waals surface area contributed by atoms with Gasteiger partial charge in [0, 0.05) is 5.92 Å². The minimum absolute atomic E-state index is 0.0319. The fourth-order valence-corrected chi connectivity index (χ4v) is 4.12. The van der Waals surface area contributed by atoms with E-state index in [1.54, 1.807) is 7.11 Å². The first-order chi connectivity index (χ1) is 13.7. The first kappa shape index (κ1) is 17.5. The molecule has 148 valence electrons. The smallest absolute Gasteiger partial charge is 0.231 e.